The summed E-state index contributed by atoms with van der Waals surface area (Å²) in [4.78, 5) is 14.5. The molecule has 4 nitrogen and oxygen atoms in total. The third kappa shape index (κ3) is 3.79. The molecule has 0 aliphatic carbocycles. The highest BCUT2D eigenvalue weighted by Gasteiger charge is 2.22. The van der Waals surface area contributed by atoms with E-state index in [4.69, 9.17) is 9.47 Å². The van der Waals surface area contributed by atoms with Gasteiger partial charge in [0.1, 0.15) is 17.6 Å². The number of aryl methyl sites for hydroxylation is 1. The minimum Gasteiger partial charge on any atom is -0.492 e. The summed E-state index contributed by atoms with van der Waals surface area (Å²) in [6, 6.07) is 7.85. The van der Waals surface area contributed by atoms with Crippen molar-refractivity contribution in [3.8, 4) is 11.5 Å². The van der Waals surface area contributed by atoms with Crippen LogP contribution in [0.4, 0.5) is 5.69 Å². The van der Waals surface area contributed by atoms with Gasteiger partial charge in [0, 0.05) is 33.9 Å². The highest BCUT2D eigenvalue weighted by molar-refractivity contribution is 7.12. The quantitative estimate of drug-likeness (QED) is 0.817. The standard InChI is InChI=1S/C19H21NO3S/c1-4-22-18-10-14-9-12(2)23-17(14)11-16(18)20-19(21)8-7-15-6-5-13(3)24-15/h5-8,10-12H,4,9H2,1-3H3,(H,20,21)/b8-7+. The van der Waals surface area contributed by atoms with Crippen molar-refractivity contribution in [2.45, 2.75) is 33.3 Å². The van der Waals surface area contributed by atoms with E-state index in [9.17, 15) is 4.79 Å². The number of anilines is 1. The fraction of sp³-hybridized carbons (Fsp3) is 0.316. The Morgan fingerprint density at radius 3 is 3.00 bits per heavy atom. The van der Waals surface area contributed by atoms with Gasteiger partial charge in [0.05, 0.1) is 12.3 Å². The Labute approximate surface area is 146 Å². The van der Waals surface area contributed by atoms with E-state index in [-0.39, 0.29) is 12.0 Å². The van der Waals surface area contributed by atoms with Crippen LogP contribution in [0, 0.1) is 6.92 Å². The molecule has 0 bridgehead atoms. The molecule has 3 rings (SSSR count). The van der Waals surface area contributed by atoms with Crippen LogP contribution in [0.5, 0.6) is 11.5 Å². The largest absolute Gasteiger partial charge is 0.492 e. The first-order valence-corrected chi connectivity index (χ1v) is 8.88. The average molecular weight is 343 g/mol. The molecule has 1 aliphatic rings. The van der Waals surface area contributed by atoms with Crippen LogP contribution in [-0.4, -0.2) is 18.6 Å². The zero-order chi connectivity index (χ0) is 17.1. The number of benzene rings is 1. The van der Waals surface area contributed by atoms with Crippen molar-refractivity contribution in [3.63, 3.8) is 0 Å². The van der Waals surface area contributed by atoms with Crippen LogP contribution in [0.2, 0.25) is 0 Å². The molecule has 0 radical (unpaired) electrons. The predicted molar refractivity (Wildman–Crippen MR) is 98.1 cm³/mol. The molecule has 0 fully saturated rings. The normalized spacial score (nSPS) is 16.0. The van der Waals surface area contributed by atoms with Crippen LogP contribution in [0.3, 0.4) is 0 Å². The molecule has 2 aromatic rings. The predicted octanol–water partition coefficient (Wildman–Crippen LogP) is 4.43. The number of carbonyl (C=O) groups excluding carboxylic acids is 1. The average Bonchev–Trinajstić information content (AvgIpc) is 3.10. The molecule has 0 saturated carbocycles. The number of carbonyl (C=O) groups is 1. The maximum atomic E-state index is 12.2. The molecule has 5 heteroatoms. The van der Waals surface area contributed by atoms with Gasteiger partial charge < -0.3 is 14.8 Å². The smallest absolute Gasteiger partial charge is 0.248 e. The number of nitrogens with one attached hydrogen (secondary N) is 1. The molecule has 1 amide bonds. The molecule has 1 unspecified atom stereocenters. The van der Waals surface area contributed by atoms with Gasteiger partial charge in [0.25, 0.3) is 0 Å². The summed E-state index contributed by atoms with van der Waals surface area (Å²) in [6.45, 7) is 6.55. The van der Waals surface area contributed by atoms with Crippen molar-refractivity contribution < 1.29 is 14.3 Å². The van der Waals surface area contributed by atoms with Crippen LogP contribution in [0.1, 0.15) is 29.2 Å². The summed E-state index contributed by atoms with van der Waals surface area (Å²) in [5.74, 6) is 1.31. The topological polar surface area (TPSA) is 47.6 Å². The molecule has 1 aliphatic heterocycles. The van der Waals surface area contributed by atoms with Gasteiger partial charge >= 0.3 is 0 Å². The molecule has 0 spiro atoms. The molecule has 126 valence electrons. The molecule has 24 heavy (non-hydrogen) atoms. The number of rotatable bonds is 5. The van der Waals surface area contributed by atoms with E-state index < -0.39 is 0 Å². The van der Waals surface area contributed by atoms with Crippen molar-refractivity contribution in [3.05, 3.63) is 45.7 Å². The van der Waals surface area contributed by atoms with Crippen molar-refractivity contribution >= 4 is 29.0 Å². The number of hydrogen-bond donors (Lipinski definition) is 1. The summed E-state index contributed by atoms with van der Waals surface area (Å²) in [5, 5.41) is 2.89. The van der Waals surface area contributed by atoms with Gasteiger partial charge in [-0.25, -0.2) is 0 Å². The van der Waals surface area contributed by atoms with Gasteiger partial charge in [0.2, 0.25) is 5.91 Å². The Balaban J connectivity index is 1.77. The van der Waals surface area contributed by atoms with E-state index in [1.165, 1.54) is 11.0 Å². The fourth-order valence-electron chi connectivity index (χ4n) is 2.69. The zero-order valence-electron chi connectivity index (χ0n) is 14.1. The Hall–Kier alpha value is -2.27. The third-order valence-electron chi connectivity index (χ3n) is 3.72. The molecule has 2 heterocycles. The first kappa shape index (κ1) is 16.6. The maximum Gasteiger partial charge on any atom is 0.248 e. The lowest BCUT2D eigenvalue weighted by Gasteiger charge is -2.12. The van der Waals surface area contributed by atoms with Gasteiger partial charge in [-0.3, -0.25) is 4.79 Å². The summed E-state index contributed by atoms with van der Waals surface area (Å²) >= 11 is 1.65. The van der Waals surface area contributed by atoms with Gasteiger partial charge in [-0.2, -0.15) is 0 Å². The number of ether oxygens (including phenoxy) is 2. The second kappa shape index (κ2) is 7.09. The van der Waals surface area contributed by atoms with E-state index in [1.54, 1.807) is 11.3 Å². The van der Waals surface area contributed by atoms with Crippen LogP contribution >= 0.6 is 11.3 Å². The van der Waals surface area contributed by atoms with Crippen LogP contribution in [0.15, 0.2) is 30.3 Å². The Kier molecular flexibility index (Phi) is 4.90. The second-order valence-corrected chi connectivity index (χ2v) is 7.11. The van der Waals surface area contributed by atoms with E-state index in [0.717, 1.165) is 22.6 Å². The first-order chi connectivity index (χ1) is 11.5. The van der Waals surface area contributed by atoms with Crippen LogP contribution in [-0.2, 0) is 11.2 Å². The molecule has 1 aromatic carbocycles. The monoisotopic (exact) mass is 343 g/mol. The molecule has 1 aromatic heterocycles. The minimum absolute atomic E-state index is 0.155. The lowest BCUT2D eigenvalue weighted by Crippen LogP contribution is -2.09. The molecular formula is C19H21NO3S. The van der Waals surface area contributed by atoms with Crippen LogP contribution < -0.4 is 14.8 Å². The van der Waals surface area contributed by atoms with Crippen molar-refractivity contribution in [2.75, 3.05) is 11.9 Å². The van der Waals surface area contributed by atoms with E-state index in [0.29, 0.717) is 18.0 Å². The SMILES string of the molecule is CCOc1cc2c(cc1NC(=O)/C=C/c1ccc(C)s1)OC(C)C2. The van der Waals surface area contributed by atoms with E-state index in [2.05, 4.69) is 5.32 Å². The number of hydrogen-bond acceptors (Lipinski definition) is 4. The Morgan fingerprint density at radius 1 is 1.46 bits per heavy atom. The highest BCUT2D eigenvalue weighted by atomic mass is 32.1. The van der Waals surface area contributed by atoms with Gasteiger partial charge in [-0.05, 0) is 45.0 Å². The third-order valence-corrected chi connectivity index (χ3v) is 4.68. The number of amides is 1. The molecule has 0 saturated heterocycles. The number of thiophene rings is 1. The fourth-order valence-corrected chi connectivity index (χ4v) is 3.47. The zero-order valence-corrected chi connectivity index (χ0v) is 14.9. The van der Waals surface area contributed by atoms with E-state index >= 15 is 0 Å². The minimum atomic E-state index is -0.187. The van der Waals surface area contributed by atoms with Crippen LogP contribution in [0.25, 0.3) is 6.08 Å². The number of fused-ring (bicyclic) bond motifs is 1. The Bertz CT molecular complexity index is 779. The Morgan fingerprint density at radius 2 is 2.29 bits per heavy atom. The van der Waals surface area contributed by atoms with Crippen molar-refractivity contribution in [2.24, 2.45) is 0 Å². The van der Waals surface area contributed by atoms with E-state index in [1.807, 2.05) is 51.1 Å². The second-order valence-electron chi connectivity index (χ2n) is 5.79. The van der Waals surface area contributed by atoms with Gasteiger partial charge in [-0.15, -0.1) is 11.3 Å². The molecule has 1 atom stereocenters. The lowest BCUT2D eigenvalue weighted by molar-refractivity contribution is -0.111. The summed E-state index contributed by atoms with van der Waals surface area (Å²) in [6.07, 6.45) is 4.38. The lowest BCUT2D eigenvalue weighted by atomic mass is 10.1. The van der Waals surface area contributed by atoms with Crippen molar-refractivity contribution in [1.29, 1.82) is 0 Å². The summed E-state index contributed by atoms with van der Waals surface area (Å²) in [5.41, 5.74) is 1.76. The molecule has 1 N–H and O–H groups in total. The highest BCUT2D eigenvalue weighted by Crippen LogP contribution is 2.38. The first-order valence-electron chi connectivity index (χ1n) is 8.07. The summed E-state index contributed by atoms with van der Waals surface area (Å²) in [7, 11) is 0. The maximum absolute atomic E-state index is 12.2. The van der Waals surface area contributed by atoms with Crippen molar-refractivity contribution in [1.82, 2.24) is 0 Å². The summed E-state index contributed by atoms with van der Waals surface area (Å²) < 4.78 is 11.4. The molecular weight excluding hydrogens is 322 g/mol. The van der Waals surface area contributed by atoms with Gasteiger partial charge in [0.15, 0.2) is 0 Å². The van der Waals surface area contributed by atoms with Gasteiger partial charge in [-0.1, -0.05) is 0 Å².